The van der Waals surface area contributed by atoms with Gasteiger partial charge in [-0.3, -0.25) is 9.59 Å². The molecule has 114 valence electrons. The van der Waals surface area contributed by atoms with Crippen molar-refractivity contribution >= 4 is 17.5 Å². The zero-order chi connectivity index (χ0) is 15.2. The van der Waals surface area contributed by atoms with Gasteiger partial charge >= 0.3 is 0 Å². The van der Waals surface area contributed by atoms with Gasteiger partial charge in [0.15, 0.2) is 0 Å². The quantitative estimate of drug-likeness (QED) is 0.807. The Morgan fingerprint density at radius 1 is 1.29 bits per heavy atom. The van der Waals surface area contributed by atoms with Crippen LogP contribution >= 0.6 is 0 Å². The third-order valence-corrected chi connectivity index (χ3v) is 4.00. The minimum absolute atomic E-state index is 0.0658. The van der Waals surface area contributed by atoms with Gasteiger partial charge in [-0.1, -0.05) is 31.5 Å². The van der Waals surface area contributed by atoms with Crippen LogP contribution in [-0.2, 0) is 9.59 Å². The number of benzene rings is 1. The van der Waals surface area contributed by atoms with Crippen molar-refractivity contribution in [3.8, 4) is 0 Å². The van der Waals surface area contributed by atoms with Gasteiger partial charge in [0, 0.05) is 31.7 Å². The Kier molecular flexibility index (Phi) is 5.37. The van der Waals surface area contributed by atoms with Crippen molar-refractivity contribution in [2.45, 2.75) is 33.1 Å². The highest BCUT2D eigenvalue weighted by Gasteiger charge is 2.36. The third kappa shape index (κ3) is 3.63. The van der Waals surface area contributed by atoms with Gasteiger partial charge in [-0.05, 0) is 25.5 Å². The summed E-state index contributed by atoms with van der Waals surface area (Å²) in [6.45, 7) is 6.05. The van der Waals surface area contributed by atoms with Crippen LogP contribution in [-0.4, -0.2) is 36.3 Å². The van der Waals surface area contributed by atoms with Crippen LogP contribution in [0.3, 0.4) is 0 Å². The van der Waals surface area contributed by atoms with Gasteiger partial charge in [-0.25, -0.2) is 0 Å². The molecule has 1 aliphatic heterocycles. The fraction of sp³-hybridized carbons (Fsp3) is 0.529. The predicted octanol–water partition coefficient (Wildman–Crippen LogP) is 2.69. The summed E-state index contributed by atoms with van der Waals surface area (Å²) in [4.78, 5) is 28.3. The molecular formula is C17H24N2O2. The van der Waals surface area contributed by atoms with Crippen LogP contribution in [0.1, 0.15) is 33.1 Å². The molecule has 0 bridgehead atoms. The van der Waals surface area contributed by atoms with Crippen LogP contribution in [0, 0.1) is 5.92 Å². The van der Waals surface area contributed by atoms with Gasteiger partial charge in [0.1, 0.15) is 0 Å². The van der Waals surface area contributed by atoms with Crippen molar-refractivity contribution in [3.63, 3.8) is 0 Å². The number of nitrogens with zero attached hydrogens (tertiary/aromatic N) is 2. The lowest BCUT2D eigenvalue weighted by Gasteiger charge is -2.24. The van der Waals surface area contributed by atoms with Gasteiger partial charge in [-0.2, -0.15) is 0 Å². The summed E-state index contributed by atoms with van der Waals surface area (Å²) in [5, 5.41) is 0. The number of hydrogen-bond donors (Lipinski definition) is 0. The Bertz CT molecular complexity index is 487. The van der Waals surface area contributed by atoms with Crippen molar-refractivity contribution in [1.29, 1.82) is 0 Å². The average molecular weight is 288 g/mol. The molecule has 1 saturated heterocycles. The Morgan fingerprint density at radius 3 is 2.62 bits per heavy atom. The lowest BCUT2D eigenvalue weighted by atomic mass is 10.1. The second kappa shape index (κ2) is 7.25. The molecule has 0 spiro atoms. The zero-order valence-corrected chi connectivity index (χ0v) is 12.9. The Hall–Kier alpha value is -1.84. The number of carbonyl (C=O) groups is 2. The molecule has 2 rings (SSSR count). The van der Waals surface area contributed by atoms with E-state index in [-0.39, 0.29) is 17.7 Å². The number of likely N-dealkylation sites (tertiary alicyclic amines) is 1. The monoisotopic (exact) mass is 288 g/mol. The van der Waals surface area contributed by atoms with Gasteiger partial charge < -0.3 is 9.80 Å². The smallest absolute Gasteiger partial charge is 0.232 e. The van der Waals surface area contributed by atoms with E-state index in [1.807, 2.05) is 42.2 Å². The molecule has 1 aromatic carbocycles. The number of hydrogen-bond acceptors (Lipinski definition) is 2. The first-order chi connectivity index (χ1) is 10.2. The molecule has 4 nitrogen and oxygen atoms in total. The molecule has 0 aromatic heterocycles. The molecule has 0 radical (unpaired) electrons. The average Bonchev–Trinajstić information content (AvgIpc) is 2.88. The van der Waals surface area contributed by atoms with Crippen LogP contribution in [0.2, 0.25) is 0 Å². The second-order valence-corrected chi connectivity index (χ2v) is 5.51. The summed E-state index contributed by atoms with van der Waals surface area (Å²) in [5.74, 6) is -0.0172. The van der Waals surface area contributed by atoms with Crippen molar-refractivity contribution in [2.75, 3.05) is 24.5 Å². The van der Waals surface area contributed by atoms with E-state index < -0.39 is 0 Å². The molecule has 2 amide bonds. The summed E-state index contributed by atoms with van der Waals surface area (Å²) < 4.78 is 0. The van der Waals surface area contributed by atoms with Crippen LogP contribution in [0.4, 0.5) is 5.69 Å². The summed E-state index contributed by atoms with van der Waals surface area (Å²) in [6.07, 6.45) is 2.42. The van der Waals surface area contributed by atoms with E-state index in [0.717, 1.165) is 25.1 Å². The molecule has 1 aromatic rings. The SMILES string of the molecule is CCCCN1C[C@@H](C(=O)N(CC)c2ccccc2)CC1=O. The minimum Gasteiger partial charge on any atom is -0.342 e. The number of amides is 2. The second-order valence-electron chi connectivity index (χ2n) is 5.51. The van der Waals surface area contributed by atoms with Gasteiger partial charge in [-0.15, -0.1) is 0 Å². The molecule has 1 aliphatic rings. The van der Waals surface area contributed by atoms with Crippen LogP contribution in [0.15, 0.2) is 30.3 Å². The van der Waals surface area contributed by atoms with Crippen LogP contribution in [0.5, 0.6) is 0 Å². The number of anilines is 1. The maximum absolute atomic E-state index is 12.7. The number of carbonyl (C=O) groups excluding carboxylic acids is 2. The first kappa shape index (κ1) is 15.5. The topological polar surface area (TPSA) is 40.6 Å². The van der Waals surface area contributed by atoms with Crippen molar-refractivity contribution in [3.05, 3.63) is 30.3 Å². The number of rotatable bonds is 6. The van der Waals surface area contributed by atoms with Gasteiger partial charge in [0.2, 0.25) is 11.8 Å². The molecule has 0 aliphatic carbocycles. The van der Waals surface area contributed by atoms with Crippen LogP contribution < -0.4 is 4.90 Å². The van der Waals surface area contributed by atoms with Crippen LogP contribution in [0.25, 0.3) is 0 Å². The molecule has 0 N–H and O–H groups in total. The number of unbranched alkanes of at least 4 members (excludes halogenated alkanes) is 1. The Labute approximate surface area is 126 Å². The predicted molar refractivity (Wildman–Crippen MR) is 84.1 cm³/mol. The first-order valence-electron chi connectivity index (χ1n) is 7.81. The highest BCUT2D eigenvalue weighted by Crippen LogP contribution is 2.23. The highest BCUT2D eigenvalue weighted by molar-refractivity contribution is 5.98. The summed E-state index contributed by atoms with van der Waals surface area (Å²) >= 11 is 0. The van der Waals surface area contributed by atoms with Gasteiger partial charge in [0.25, 0.3) is 0 Å². The highest BCUT2D eigenvalue weighted by atomic mass is 16.2. The standard InChI is InChI=1S/C17H24N2O2/c1-3-5-11-18-13-14(12-16(18)20)17(21)19(4-2)15-9-7-6-8-10-15/h6-10,14H,3-5,11-13H2,1-2H3/t14-/m0/s1. The van der Waals surface area contributed by atoms with Crippen molar-refractivity contribution in [1.82, 2.24) is 4.90 Å². The third-order valence-electron chi connectivity index (χ3n) is 4.00. The molecule has 1 fully saturated rings. The van der Waals surface area contributed by atoms with E-state index in [1.54, 1.807) is 4.90 Å². The van der Waals surface area contributed by atoms with E-state index in [0.29, 0.717) is 19.5 Å². The Balaban J connectivity index is 2.04. The van der Waals surface area contributed by atoms with E-state index >= 15 is 0 Å². The fourth-order valence-electron chi connectivity index (χ4n) is 2.80. The molecular weight excluding hydrogens is 264 g/mol. The summed E-state index contributed by atoms with van der Waals surface area (Å²) in [5.41, 5.74) is 0.907. The fourth-order valence-corrected chi connectivity index (χ4v) is 2.80. The maximum Gasteiger partial charge on any atom is 0.232 e. The molecule has 1 atom stereocenters. The normalized spacial score (nSPS) is 18.1. The van der Waals surface area contributed by atoms with E-state index in [4.69, 9.17) is 0 Å². The summed E-state index contributed by atoms with van der Waals surface area (Å²) in [6, 6.07) is 9.67. The minimum atomic E-state index is -0.200. The van der Waals surface area contributed by atoms with E-state index in [9.17, 15) is 9.59 Å². The molecule has 4 heteroatoms. The zero-order valence-electron chi connectivity index (χ0n) is 12.9. The lowest BCUT2D eigenvalue weighted by molar-refractivity contribution is -0.128. The first-order valence-corrected chi connectivity index (χ1v) is 7.81. The van der Waals surface area contributed by atoms with Crippen molar-refractivity contribution < 1.29 is 9.59 Å². The largest absolute Gasteiger partial charge is 0.342 e. The number of para-hydroxylation sites is 1. The molecule has 0 saturated carbocycles. The molecule has 0 unspecified atom stereocenters. The maximum atomic E-state index is 12.7. The molecule has 1 heterocycles. The van der Waals surface area contributed by atoms with E-state index in [2.05, 4.69) is 6.92 Å². The Morgan fingerprint density at radius 2 is 2.00 bits per heavy atom. The lowest BCUT2D eigenvalue weighted by Crippen LogP contribution is -2.37. The van der Waals surface area contributed by atoms with E-state index in [1.165, 1.54) is 0 Å². The molecule has 21 heavy (non-hydrogen) atoms. The summed E-state index contributed by atoms with van der Waals surface area (Å²) in [7, 11) is 0. The van der Waals surface area contributed by atoms with Crippen molar-refractivity contribution in [2.24, 2.45) is 5.92 Å². The van der Waals surface area contributed by atoms with Gasteiger partial charge in [0.05, 0.1) is 5.92 Å².